The minimum absolute atomic E-state index is 0.253. The molecule has 0 bridgehead atoms. The van der Waals surface area contributed by atoms with E-state index in [1.54, 1.807) is 12.3 Å². The lowest BCUT2D eigenvalue weighted by molar-refractivity contribution is 0.464. The predicted molar refractivity (Wildman–Crippen MR) is 68.6 cm³/mol. The van der Waals surface area contributed by atoms with E-state index in [0.717, 1.165) is 11.1 Å². The van der Waals surface area contributed by atoms with Gasteiger partial charge in [0.05, 0.1) is 5.01 Å². The van der Waals surface area contributed by atoms with Crippen LogP contribution in [0.3, 0.4) is 0 Å². The van der Waals surface area contributed by atoms with Crippen molar-refractivity contribution >= 4 is 11.3 Å². The Balaban J connectivity index is 2.26. The van der Waals surface area contributed by atoms with Gasteiger partial charge in [-0.3, -0.25) is 0 Å². The van der Waals surface area contributed by atoms with E-state index in [4.69, 9.17) is 0 Å². The Hall–Kier alpha value is -1.33. The number of thiazole rings is 1. The van der Waals surface area contributed by atoms with Crippen LogP contribution in [0.4, 0.5) is 8.78 Å². The fourth-order valence-corrected chi connectivity index (χ4v) is 2.52. The third kappa shape index (κ3) is 2.91. The lowest BCUT2D eigenvalue weighted by atomic mass is 10.0. The van der Waals surface area contributed by atoms with E-state index in [1.165, 1.54) is 17.4 Å². The molecular formula is C13H14F2N2S. The van der Waals surface area contributed by atoms with Gasteiger partial charge in [0.25, 0.3) is 0 Å². The van der Waals surface area contributed by atoms with E-state index in [1.807, 2.05) is 12.3 Å². The molecule has 2 aromatic rings. The minimum Gasteiger partial charge on any atom is -0.310 e. The SMILES string of the molecule is CCNC(Cc1nccs1)c1cccc(F)c1F. The van der Waals surface area contributed by atoms with E-state index < -0.39 is 11.6 Å². The maximum Gasteiger partial charge on any atom is 0.163 e. The quantitative estimate of drug-likeness (QED) is 0.900. The Morgan fingerprint density at radius 2 is 2.22 bits per heavy atom. The molecular weight excluding hydrogens is 254 g/mol. The molecule has 2 nitrogen and oxygen atoms in total. The van der Waals surface area contributed by atoms with Crippen LogP contribution in [0.1, 0.15) is 23.5 Å². The molecule has 5 heteroatoms. The van der Waals surface area contributed by atoms with E-state index in [0.29, 0.717) is 18.5 Å². The van der Waals surface area contributed by atoms with Crippen molar-refractivity contribution in [2.45, 2.75) is 19.4 Å². The third-order valence-corrected chi connectivity index (χ3v) is 3.47. The lowest BCUT2D eigenvalue weighted by Crippen LogP contribution is -2.24. The van der Waals surface area contributed by atoms with Gasteiger partial charge in [-0.25, -0.2) is 13.8 Å². The van der Waals surface area contributed by atoms with Crippen LogP contribution in [0.15, 0.2) is 29.8 Å². The van der Waals surface area contributed by atoms with Gasteiger partial charge in [0.2, 0.25) is 0 Å². The van der Waals surface area contributed by atoms with Gasteiger partial charge in [-0.05, 0) is 12.6 Å². The second-order valence-electron chi connectivity index (χ2n) is 3.88. The summed E-state index contributed by atoms with van der Waals surface area (Å²) in [7, 11) is 0. The van der Waals surface area contributed by atoms with Crippen LogP contribution in [0, 0.1) is 11.6 Å². The topological polar surface area (TPSA) is 24.9 Å². The molecule has 1 N–H and O–H groups in total. The minimum atomic E-state index is -0.811. The summed E-state index contributed by atoms with van der Waals surface area (Å²) in [6, 6.07) is 4.02. The maximum absolute atomic E-state index is 13.8. The second-order valence-corrected chi connectivity index (χ2v) is 4.86. The predicted octanol–water partition coefficient (Wildman–Crippen LogP) is 3.31. The van der Waals surface area contributed by atoms with Gasteiger partial charge >= 0.3 is 0 Å². The van der Waals surface area contributed by atoms with Crippen molar-refractivity contribution in [3.8, 4) is 0 Å². The monoisotopic (exact) mass is 268 g/mol. The summed E-state index contributed by atoms with van der Waals surface area (Å²) < 4.78 is 27.0. The molecule has 0 aliphatic rings. The molecule has 0 amide bonds. The van der Waals surface area contributed by atoms with Gasteiger partial charge in [-0.2, -0.15) is 0 Å². The van der Waals surface area contributed by atoms with Crippen LogP contribution in [0.2, 0.25) is 0 Å². The second kappa shape index (κ2) is 6.02. The highest BCUT2D eigenvalue weighted by atomic mass is 32.1. The van der Waals surface area contributed by atoms with E-state index in [-0.39, 0.29) is 6.04 Å². The Morgan fingerprint density at radius 1 is 1.39 bits per heavy atom. The van der Waals surface area contributed by atoms with Gasteiger partial charge in [0.15, 0.2) is 11.6 Å². The van der Waals surface area contributed by atoms with Crippen molar-refractivity contribution in [3.05, 3.63) is 52.0 Å². The molecule has 96 valence electrons. The Bertz CT molecular complexity index is 500. The summed E-state index contributed by atoms with van der Waals surface area (Å²) in [5.41, 5.74) is 0.354. The van der Waals surface area contributed by atoms with Crippen molar-refractivity contribution in [2.24, 2.45) is 0 Å². The number of benzene rings is 1. The average Bonchev–Trinajstić information content (AvgIpc) is 2.85. The smallest absolute Gasteiger partial charge is 0.163 e. The first-order chi connectivity index (χ1) is 8.72. The summed E-state index contributed by atoms with van der Waals surface area (Å²) in [4.78, 5) is 4.18. The first kappa shape index (κ1) is 13.1. The number of hydrogen-bond acceptors (Lipinski definition) is 3. The van der Waals surface area contributed by atoms with Crippen LogP contribution < -0.4 is 5.32 Å². The summed E-state index contributed by atoms with van der Waals surface area (Å²) in [5.74, 6) is -1.59. The molecule has 1 aromatic heterocycles. The number of likely N-dealkylation sites (N-methyl/N-ethyl adjacent to an activating group) is 1. The van der Waals surface area contributed by atoms with E-state index in [9.17, 15) is 8.78 Å². The molecule has 0 saturated carbocycles. The van der Waals surface area contributed by atoms with Crippen LogP contribution in [-0.4, -0.2) is 11.5 Å². The molecule has 0 aliphatic carbocycles. The zero-order chi connectivity index (χ0) is 13.0. The summed E-state index contributed by atoms with van der Waals surface area (Å²) in [6.07, 6.45) is 2.27. The molecule has 2 rings (SSSR count). The van der Waals surface area contributed by atoms with Gasteiger partial charge in [0.1, 0.15) is 0 Å². The number of hydrogen-bond donors (Lipinski definition) is 1. The number of nitrogens with one attached hydrogen (secondary N) is 1. The van der Waals surface area contributed by atoms with Crippen LogP contribution in [0.25, 0.3) is 0 Å². The maximum atomic E-state index is 13.8. The van der Waals surface area contributed by atoms with Crippen molar-refractivity contribution in [3.63, 3.8) is 0 Å². The largest absolute Gasteiger partial charge is 0.310 e. The van der Waals surface area contributed by atoms with Crippen LogP contribution >= 0.6 is 11.3 Å². The number of rotatable bonds is 5. The average molecular weight is 268 g/mol. The highest BCUT2D eigenvalue weighted by molar-refractivity contribution is 7.09. The summed E-state index contributed by atoms with van der Waals surface area (Å²) >= 11 is 1.51. The Kier molecular flexibility index (Phi) is 4.38. The zero-order valence-electron chi connectivity index (χ0n) is 9.99. The van der Waals surface area contributed by atoms with Crippen molar-refractivity contribution < 1.29 is 8.78 Å². The normalized spacial score (nSPS) is 12.6. The highest BCUT2D eigenvalue weighted by Gasteiger charge is 2.18. The highest BCUT2D eigenvalue weighted by Crippen LogP contribution is 2.23. The fourth-order valence-electron chi connectivity index (χ4n) is 1.86. The standard InChI is InChI=1S/C13H14F2N2S/c1-2-16-11(8-12-17-6-7-18-12)9-4-3-5-10(14)13(9)15/h3-7,11,16H,2,8H2,1H3. The number of halogens is 2. The molecule has 0 fully saturated rings. The zero-order valence-corrected chi connectivity index (χ0v) is 10.8. The van der Waals surface area contributed by atoms with E-state index in [2.05, 4.69) is 10.3 Å². The molecule has 0 spiro atoms. The van der Waals surface area contributed by atoms with Crippen LogP contribution in [-0.2, 0) is 6.42 Å². The van der Waals surface area contributed by atoms with Crippen molar-refractivity contribution in [1.82, 2.24) is 10.3 Å². The summed E-state index contributed by atoms with van der Waals surface area (Å²) in [5, 5.41) is 5.95. The number of aromatic nitrogens is 1. The fraction of sp³-hybridized carbons (Fsp3) is 0.308. The van der Waals surface area contributed by atoms with Crippen molar-refractivity contribution in [2.75, 3.05) is 6.54 Å². The molecule has 1 unspecified atom stereocenters. The molecule has 0 aliphatic heterocycles. The van der Waals surface area contributed by atoms with Crippen molar-refractivity contribution in [1.29, 1.82) is 0 Å². The molecule has 1 aromatic carbocycles. The number of nitrogens with zero attached hydrogens (tertiary/aromatic N) is 1. The molecule has 18 heavy (non-hydrogen) atoms. The first-order valence-electron chi connectivity index (χ1n) is 5.78. The van der Waals surface area contributed by atoms with Gasteiger partial charge in [0, 0.05) is 29.6 Å². The van der Waals surface area contributed by atoms with Crippen LogP contribution in [0.5, 0.6) is 0 Å². The van der Waals surface area contributed by atoms with E-state index >= 15 is 0 Å². The first-order valence-corrected chi connectivity index (χ1v) is 6.66. The summed E-state index contributed by atoms with van der Waals surface area (Å²) in [6.45, 7) is 2.62. The molecule has 0 saturated heterocycles. The van der Waals surface area contributed by atoms with Gasteiger partial charge < -0.3 is 5.32 Å². The lowest BCUT2D eigenvalue weighted by Gasteiger charge is -2.18. The van der Waals surface area contributed by atoms with Gasteiger partial charge in [-0.1, -0.05) is 19.1 Å². The van der Waals surface area contributed by atoms with Gasteiger partial charge in [-0.15, -0.1) is 11.3 Å². The third-order valence-electron chi connectivity index (χ3n) is 2.67. The molecule has 0 radical (unpaired) electrons. The molecule has 1 atom stereocenters. The Morgan fingerprint density at radius 3 is 2.89 bits per heavy atom. The molecule has 1 heterocycles. The Labute approximate surface area is 109 Å².